The van der Waals surface area contributed by atoms with Crippen molar-refractivity contribution < 1.29 is 46.9 Å². The van der Waals surface area contributed by atoms with E-state index in [2.05, 4.69) is 25.8 Å². The van der Waals surface area contributed by atoms with Gasteiger partial charge in [0.2, 0.25) is 11.7 Å². The minimum absolute atomic E-state index is 0.0691. The molecule has 0 unspecified atom stereocenters. The number of amides is 3. The molecule has 304 valence electrons. The van der Waals surface area contributed by atoms with Crippen molar-refractivity contribution in [1.29, 1.82) is 0 Å². The third-order valence-corrected chi connectivity index (χ3v) is 9.22. The van der Waals surface area contributed by atoms with Crippen LogP contribution in [0.5, 0.6) is 5.75 Å². The van der Waals surface area contributed by atoms with Gasteiger partial charge in [0.25, 0.3) is 5.91 Å². The Hall–Kier alpha value is -4.99. The second kappa shape index (κ2) is 21.9. The lowest BCUT2D eigenvalue weighted by atomic mass is 9.96. The molecule has 2 aromatic carbocycles. The Labute approximate surface area is 326 Å². The molecule has 3 N–H and O–H groups in total. The highest BCUT2D eigenvalue weighted by molar-refractivity contribution is 6.10. The maximum Gasteiger partial charge on any atom is 0.408 e. The van der Waals surface area contributed by atoms with E-state index in [0.717, 1.165) is 18.7 Å². The third-order valence-electron chi connectivity index (χ3n) is 9.22. The Bertz CT molecular complexity index is 1680. The fraction of sp³-hybridized carbons (Fsp3) is 0.488. The van der Waals surface area contributed by atoms with Crippen molar-refractivity contribution in [2.45, 2.75) is 71.4 Å². The summed E-state index contributed by atoms with van der Waals surface area (Å²) in [5.41, 5.74) is 1.89. The number of benzene rings is 2. The zero-order valence-corrected chi connectivity index (χ0v) is 32.4. The zero-order chi connectivity index (χ0) is 40.5. The first-order chi connectivity index (χ1) is 26.8. The summed E-state index contributed by atoms with van der Waals surface area (Å²) in [5.74, 6) is -9.43. The van der Waals surface area contributed by atoms with Gasteiger partial charge < -0.3 is 34.9 Å². The maximum absolute atomic E-state index is 15.9. The van der Waals surface area contributed by atoms with Gasteiger partial charge >= 0.3 is 12.0 Å². The van der Waals surface area contributed by atoms with Crippen molar-refractivity contribution in [2.24, 2.45) is 11.8 Å². The van der Waals surface area contributed by atoms with Crippen LogP contribution in [0.2, 0.25) is 0 Å². The van der Waals surface area contributed by atoms with E-state index in [9.17, 15) is 19.2 Å². The number of pyridine rings is 1. The van der Waals surface area contributed by atoms with E-state index in [1.54, 1.807) is 101 Å². The molecule has 0 spiro atoms. The molecule has 0 bridgehead atoms. The summed E-state index contributed by atoms with van der Waals surface area (Å²) in [5, 5.41) is 7.16. The fourth-order valence-corrected chi connectivity index (χ4v) is 5.75. The van der Waals surface area contributed by atoms with Crippen LogP contribution in [0.25, 0.3) is 0 Å². The van der Waals surface area contributed by atoms with Crippen molar-refractivity contribution >= 4 is 23.7 Å². The molecule has 2 heterocycles. The summed E-state index contributed by atoms with van der Waals surface area (Å²) in [6.45, 7) is 10.8. The maximum atomic E-state index is 15.9. The van der Waals surface area contributed by atoms with Gasteiger partial charge in [-0.15, -0.1) is 0 Å². The number of nitrogens with one attached hydrogen (secondary N) is 3. The zero-order valence-electron chi connectivity index (χ0n) is 32.4. The molecule has 4 rings (SSSR count). The predicted octanol–water partition coefficient (Wildman–Crippen LogP) is 4.33. The van der Waals surface area contributed by atoms with E-state index in [-0.39, 0.29) is 32.2 Å². The largest absolute Gasteiger partial charge is 0.492 e. The van der Waals surface area contributed by atoms with Gasteiger partial charge in [-0.2, -0.15) is 8.78 Å². The van der Waals surface area contributed by atoms with Gasteiger partial charge in [0.1, 0.15) is 25.0 Å². The van der Waals surface area contributed by atoms with E-state index in [4.69, 9.17) is 18.9 Å². The van der Waals surface area contributed by atoms with Gasteiger partial charge in [-0.3, -0.25) is 24.3 Å². The number of ether oxygens (including phenoxy) is 4. The molecule has 1 aliphatic rings. The molecule has 1 saturated heterocycles. The van der Waals surface area contributed by atoms with Crippen LogP contribution in [-0.2, 0) is 48.2 Å². The Morgan fingerprint density at radius 3 is 2.18 bits per heavy atom. The van der Waals surface area contributed by atoms with E-state index in [1.807, 2.05) is 6.07 Å². The van der Waals surface area contributed by atoms with E-state index in [1.165, 1.54) is 0 Å². The number of hydrogen-bond acceptors (Lipinski definition) is 10. The van der Waals surface area contributed by atoms with Crippen molar-refractivity contribution in [2.75, 3.05) is 46.1 Å². The first-order valence-corrected chi connectivity index (χ1v) is 18.8. The average Bonchev–Trinajstić information content (AvgIpc) is 3.19. The smallest absolute Gasteiger partial charge is 0.408 e. The molecule has 3 amide bonds. The highest BCUT2D eigenvalue weighted by atomic mass is 19.3. The first kappa shape index (κ1) is 43.7. The van der Waals surface area contributed by atoms with Crippen LogP contribution in [0, 0.1) is 11.8 Å². The SMILES string of the molecule is CC(C)[C@H](COCc1cccnc1)NC(=O)C(F)(F)C(=O)[C@@H](Cc1ccc(OCCN2CCOCC2)cc1)NC(=O)[C@H](NC(=O)OCc1ccccc1)C(C)C. The molecule has 0 aliphatic carbocycles. The van der Waals surface area contributed by atoms with Gasteiger partial charge in [0, 0.05) is 38.4 Å². The molecular formula is C41H53F2N5O8. The van der Waals surface area contributed by atoms with Crippen molar-refractivity contribution in [1.82, 2.24) is 25.8 Å². The topological polar surface area (TPSA) is 157 Å². The summed E-state index contributed by atoms with van der Waals surface area (Å²) in [6.07, 6.45) is 1.91. The van der Waals surface area contributed by atoms with E-state index in [0.29, 0.717) is 43.2 Å². The molecule has 3 atom stereocenters. The number of alkyl halides is 2. The normalized spacial score (nSPS) is 15.1. The molecule has 13 nitrogen and oxygen atoms in total. The van der Waals surface area contributed by atoms with Gasteiger partial charge in [0.15, 0.2) is 0 Å². The highest BCUT2D eigenvalue weighted by Crippen LogP contribution is 2.22. The number of carbonyl (C=O) groups excluding carboxylic acids is 4. The molecule has 56 heavy (non-hydrogen) atoms. The van der Waals surface area contributed by atoms with E-state index < -0.39 is 53.7 Å². The molecule has 1 aromatic heterocycles. The predicted molar refractivity (Wildman–Crippen MR) is 204 cm³/mol. The van der Waals surface area contributed by atoms with Crippen LogP contribution < -0.4 is 20.7 Å². The van der Waals surface area contributed by atoms with Crippen LogP contribution in [0.3, 0.4) is 0 Å². The van der Waals surface area contributed by atoms with Crippen LogP contribution in [0.1, 0.15) is 44.4 Å². The Morgan fingerprint density at radius 1 is 0.839 bits per heavy atom. The number of carbonyl (C=O) groups is 4. The van der Waals surface area contributed by atoms with Crippen LogP contribution in [-0.4, -0.2) is 104 Å². The van der Waals surface area contributed by atoms with Crippen molar-refractivity contribution in [3.8, 4) is 5.75 Å². The van der Waals surface area contributed by atoms with Crippen LogP contribution in [0.4, 0.5) is 13.6 Å². The molecule has 1 fully saturated rings. The number of rotatable bonds is 21. The number of halogens is 2. The summed E-state index contributed by atoms with van der Waals surface area (Å²) in [7, 11) is 0. The standard InChI is InChI=1S/C41H53F2N5O8/c1-28(2)35(27-54-25-32-11-8-16-44-24-32)46-39(51)41(42,43)37(49)34(23-30-12-14-33(15-13-30)55-22-19-48-17-20-53-21-18-48)45-38(50)36(29(3)4)47-40(52)56-26-31-9-6-5-7-10-31/h5-16,24,28-29,34-36H,17-23,25-27H2,1-4H3,(H,45,50)(H,46,51)(H,47,52)/t34-,35+,36-/m1/s1. The van der Waals surface area contributed by atoms with Gasteiger partial charge in [-0.25, -0.2) is 4.79 Å². The summed E-state index contributed by atoms with van der Waals surface area (Å²) in [4.78, 5) is 59.5. The Balaban J connectivity index is 1.46. The molecule has 0 radical (unpaired) electrons. The summed E-state index contributed by atoms with van der Waals surface area (Å²) < 4.78 is 54.0. The average molecular weight is 782 g/mol. The lowest BCUT2D eigenvalue weighted by molar-refractivity contribution is -0.161. The lowest BCUT2D eigenvalue weighted by Gasteiger charge is -2.28. The number of Topliss-reactive ketones (excluding diaryl/α,β-unsaturated/α-hetero) is 1. The quantitative estimate of drug-likeness (QED) is 0.133. The third kappa shape index (κ3) is 13.9. The Morgan fingerprint density at radius 2 is 1.54 bits per heavy atom. The molecule has 3 aromatic rings. The summed E-state index contributed by atoms with van der Waals surface area (Å²) >= 11 is 0. The number of ketones is 1. The fourth-order valence-electron chi connectivity index (χ4n) is 5.75. The molecule has 0 saturated carbocycles. The highest BCUT2D eigenvalue weighted by Gasteiger charge is 2.51. The number of nitrogens with zero attached hydrogens (tertiary/aromatic N) is 2. The number of alkyl carbamates (subject to hydrolysis) is 1. The van der Waals surface area contributed by atoms with Crippen LogP contribution >= 0.6 is 0 Å². The molecule has 1 aliphatic heterocycles. The van der Waals surface area contributed by atoms with Gasteiger partial charge in [0.05, 0.1) is 38.5 Å². The van der Waals surface area contributed by atoms with Gasteiger partial charge in [-0.1, -0.05) is 76.2 Å². The van der Waals surface area contributed by atoms with E-state index >= 15 is 8.78 Å². The molecule has 15 heteroatoms. The number of morpholine rings is 1. The summed E-state index contributed by atoms with van der Waals surface area (Å²) in [6, 6.07) is 14.9. The number of hydrogen-bond donors (Lipinski definition) is 3. The van der Waals surface area contributed by atoms with Crippen molar-refractivity contribution in [3.05, 3.63) is 95.8 Å². The lowest BCUT2D eigenvalue weighted by Crippen LogP contribution is -2.60. The molecular weight excluding hydrogens is 728 g/mol. The Kier molecular flexibility index (Phi) is 17.1. The minimum Gasteiger partial charge on any atom is -0.492 e. The monoisotopic (exact) mass is 781 g/mol. The minimum atomic E-state index is -4.55. The van der Waals surface area contributed by atoms with Crippen molar-refractivity contribution in [3.63, 3.8) is 0 Å². The second-order valence-corrected chi connectivity index (χ2v) is 14.3. The number of aromatic nitrogens is 1. The second-order valence-electron chi connectivity index (χ2n) is 14.3. The van der Waals surface area contributed by atoms with Gasteiger partial charge in [-0.05, 0) is 46.7 Å². The first-order valence-electron chi connectivity index (χ1n) is 18.8. The van der Waals surface area contributed by atoms with Crippen LogP contribution in [0.15, 0.2) is 79.1 Å².